The molecular formula is C15H20N6. The molecule has 2 aromatic rings. The fourth-order valence-corrected chi connectivity index (χ4v) is 2.19. The average Bonchev–Trinajstić information content (AvgIpc) is 2.99. The largest absolute Gasteiger partial charge is 0.353 e. The van der Waals surface area contributed by atoms with E-state index in [1.807, 2.05) is 12.1 Å². The summed E-state index contributed by atoms with van der Waals surface area (Å²) in [6.45, 7) is 2.99. The van der Waals surface area contributed by atoms with Crippen LogP contribution in [0.4, 0.5) is 0 Å². The molecule has 1 saturated carbocycles. The van der Waals surface area contributed by atoms with E-state index < -0.39 is 0 Å². The normalized spacial score (nSPS) is 21.1. The summed E-state index contributed by atoms with van der Waals surface area (Å²) in [7, 11) is 1.80. The van der Waals surface area contributed by atoms with Gasteiger partial charge in [0.1, 0.15) is 12.7 Å². The zero-order chi connectivity index (χ0) is 14.7. The molecule has 0 radical (unpaired) electrons. The van der Waals surface area contributed by atoms with Gasteiger partial charge in [0.25, 0.3) is 0 Å². The molecule has 0 aliphatic heterocycles. The second-order valence-corrected chi connectivity index (χ2v) is 5.40. The average molecular weight is 284 g/mol. The highest BCUT2D eigenvalue weighted by molar-refractivity contribution is 5.80. The van der Waals surface area contributed by atoms with Crippen LogP contribution in [0.15, 0.2) is 41.9 Å². The van der Waals surface area contributed by atoms with Crippen LogP contribution in [0.25, 0.3) is 5.69 Å². The first-order valence-corrected chi connectivity index (χ1v) is 7.17. The zero-order valence-corrected chi connectivity index (χ0v) is 12.3. The molecule has 110 valence electrons. The highest BCUT2D eigenvalue weighted by atomic mass is 15.3. The predicted molar refractivity (Wildman–Crippen MR) is 82.3 cm³/mol. The van der Waals surface area contributed by atoms with Crippen LogP contribution >= 0.6 is 0 Å². The Morgan fingerprint density at radius 1 is 1.38 bits per heavy atom. The summed E-state index contributed by atoms with van der Waals surface area (Å²) >= 11 is 0. The van der Waals surface area contributed by atoms with E-state index in [1.54, 1.807) is 18.1 Å². The van der Waals surface area contributed by atoms with Crippen LogP contribution in [0.3, 0.4) is 0 Å². The third-order valence-corrected chi connectivity index (χ3v) is 3.73. The Labute approximate surface area is 124 Å². The van der Waals surface area contributed by atoms with Crippen molar-refractivity contribution in [3.05, 3.63) is 42.5 Å². The van der Waals surface area contributed by atoms with Crippen molar-refractivity contribution in [1.82, 2.24) is 25.4 Å². The van der Waals surface area contributed by atoms with E-state index in [9.17, 15) is 0 Å². The van der Waals surface area contributed by atoms with E-state index in [1.165, 1.54) is 18.3 Å². The van der Waals surface area contributed by atoms with Crippen LogP contribution in [0.5, 0.6) is 0 Å². The fourth-order valence-electron chi connectivity index (χ4n) is 2.19. The molecule has 1 fully saturated rings. The summed E-state index contributed by atoms with van der Waals surface area (Å²) in [6.07, 6.45) is 4.45. The minimum absolute atomic E-state index is 0.575. The van der Waals surface area contributed by atoms with Crippen molar-refractivity contribution in [3.63, 3.8) is 0 Å². The summed E-state index contributed by atoms with van der Waals surface area (Å²) in [4.78, 5) is 8.19. The Morgan fingerprint density at radius 3 is 2.71 bits per heavy atom. The van der Waals surface area contributed by atoms with E-state index >= 15 is 0 Å². The first-order chi connectivity index (χ1) is 10.3. The Kier molecular flexibility index (Phi) is 3.85. The molecular weight excluding hydrogens is 264 g/mol. The van der Waals surface area contributed by atoms with Gasteiger partial charge in [0.05, 0.1) is 5.69 Å². The standard InChI is InChI=1S/C15H20N6/c1-11-7-14(11)20-15(16-2)18-8-12-3-5-13(6-4-12)21-10-17-9-19-21/h3-6,9-11,14H,7-8H2,1-2H3,(H2,16,18,20). The lowest BCUT2D eigenvalue weighted by Crippen LogP contribution is -2.38. The van der Waals surface area contributed by atoms with Crippen LogP contribution in [0.2, 0.25) is 0 Å². The van der Waals surface area contributed by atoms with Crippen molar-refractivity contribution >= 4 is 5.96 Å². The number of guanidine groups is 1. The summed E-state index contributed by atoms with van der Waals surface area (Å²) < 4.78 is 1.74. The van der Waals surface area contributed by atoms with Crippen molar-refractivity contribution in [2.45, 2.75) is 25.9 Å². The molecule has 0 amide bonds. The van der Waals surface area contributed by atoms with Gasteiger partial charge in [0, 0.05) is 19.6 Å². The summed E-state index contributed by atoms with van der Waals surface area (Å²) in [5.41, 5.74) is 2.20. The molecule has 0 bridgehead atoms. The van der Waals surface area contributed by atoms with E-state index in [0.29, 0.717) is 6.04 Å². The van der Waals surface area contributed by atoms with Gasteiger partial charge in [0.2, 0.25) is 0 Å². The van der Waals surface area contributed by atoms with Gasteiger partial charge < -0.3 is 10.6 Å². The summed E-state index contributed by atoms with van der Waals surface area (Å²) in [5, 5.41) is 10.9. The lowest BCUT2D eigenvalue weighted by molar-refractivity contribution is 0.763. The molecule has 1 aliphatic rings. The summed E-state index contributed by atoms with van der Waals surface area (Å²) in [6, 6.07) is 8.80. The molecule has 2 unspecified atom stereocenters. The van der Waals surface area contributed by atoms with Crippen molar-refractivity contribution in [3.8, 4) is 5.69 Å². The maximum Gasteiger partial charge on any atom is 0.191 e. The van der Waals surface area contributed by atoms with Crippen molar-refractivity contribution < 1.29 is 0 Å². The number of hydrogen-bond donors (Lipinski definition) is 2. The fraction of sp³-hybridized carbons (Fsp3) is 0.400. The highest BCUT2D eigenvalue weighted by Gasteiger charge is 2.33. The quantitative estimate of drug-likeness (QED) is 0.657. The van der Waals surface area contributed by atoms with Crippen LogP contribution in [-0.4, -0.2) is 33.8 Å². The third-order valence-electron chi connectivity index (χ3n) is 3.73. The molecule has 0 spiro atoms. The Bertz CT molecular complexity index is 602. The minimum Gasteiger partial charge on any atom is -0.353 e. The predicted octanol–water partition coefficient (Wildman–Crippen LogP) is 1.34. The van der Waals surface area contributed by atoms with Crippen LogP contribution in [0, 0.1) is 5.92 Å². The van der Waals surface area contributed by atoms with Crippen LogP contribution in [0.1, 0.15) is 18.9 Å². The second kappa shape index (κ2) is 5.95. The smallest absolute Gasteiger partial charge is 0.191 e. The maximum absolute atomic E-state index is 4.25. The summed E-state index contributed by atoms with van der Waals surface area (Å²) in [5.74, 6) is 1.62. The molecule has 6 nitrogen and oxygen atoms in total. The number of aromatic nitrogens is 3. The van der Waals surface area contributed by atoms with E-state index in [4.69, 9.17) is 0 Å². The van der Waals surface area contributed by atoms with Gasteiger partial charge in [0.15, 0.2) is 5.96 Å². The number of rotatable bonds is 4. The molecule has 1 aromatic carbocycles. The Morgan fingerprint density at radius 2 is 2.14 bits per heavy atom. The molecule has 2 atom stereocenters. The van der Waals surface area contributed by atoms with Crippen molar-refractivity contribution in [1.29, 1.82) is 0 Å². The van der Waals surface area contributed by atoms with Gasteiger partial charge >= 0.3 is 0 Å². The first-order valence-electron chi connectivity index (χ1n) is 7.17. The van der Waals surface area contributed by atoms with Gasteiger partial charge in [-0.05, 0) is 30.0 Å². The first kappa shape index (κ1) is 13.6. The lowest BCUT2D eigenvalue weighted by atomic mass is 10.2. The second-order valence-electron chi connectivity index (χ2n) is 5.40. The Balaban J connectivity index is 1.55. The van der Waals surface area contributed by atoms with Gasteiger partial charge in [-0.3, -0.25) is 4.99 Å². The van der Waals surface area contributed by atoms with E-state index in [2.05, 4.69) is 44.8 Å². The van der Waals surface area contributed by atoms with Gasteiger partial charge in [-0.25, -0.2) is 9.67 Å². The van der Waals surface area contributed by atoms with Crippen molar-refractivity contribution in [2.75, 3.05) is 7.05 Å². The Hall–Kier alpha value is -2.37. The van der Waals surface area contributed by atoms with Crippen LogP contribution < -0.4 is 10.6 Å². The molecule has 3 rings (SSSR count). The molecule has 1 heterocycles. The molecule has 1 aliphatic carbocycles. The van der Waals surface area contributed by atoms with Gasteiger partial charge in [-0.1, -0.05) is 19.1 Å². The molecule has 0 saturated heterocycles. The van der Waals surface area contributed by atoms with E-state index in [-0.39, 0.29) is 0 Å². The SMILES string of the molecule is CN=C(NCc1ccc(-n2cncn2)cc1)NC1CC1C. The third kappa shape index (κ3) is 3.39. The monoisotopic (exact) mass is 284 g/mol. The lowest BCUT2D eigenvalue weighted by Gasteiger charge is -2.11. The zero-order valence-electron chi connectivity index (χ0n) is 12.3. The number of nitrogens with zero attached hydrogens (tertiary/aromatic N) is 4. The van der Waals surface area contributed by atoms with Crippen LogP contribution in [-0.2, 0) is 6.54 Å². The van der Waals surface area contributed by atoms with E-state index in [0.717, 1.165) is 24.1 Å². The molecule has 2 N–H and O–H groups in total. The molecule has 1 aromatic heterocycles. The van der Waals surface area contributed by atoms with Crippen molar-refractivity contribution in [2.24, 2.45) is 10.9 Å². The number of aliphatic imine (C=N–C) groups is 1. The number of benzene rings is 1. The maximum atomic E-state index is 4.25. The highest BCUT2D eigenvalue weighted by Crippen LogP contribution is 2.28. The molecule has 21 heavy (non-hydrogen) atoms. The number of hydrogen-bond acceptors (Lipinski definition) is 3. The topological polar surface area (TPSA) is 67.1 Å². The number of nitrogens with one attached hydrogen (secondary N) is 2. The molecule has 6 heteroatoms. The van der Waals surface area contributed by atoms with Gasteiger partial charge in [-0.2, -0.15) is 5.10 Å². The minimum atomic E-state index is 0.575. The van der Waals surface area contributed by atoms with Gasteiger partial charge in [-0.15, -0.1) is 0 Å².